The molecule has 1 fully saturated rings. The molecule has 2 aromatic carbocycles. The highest BCUT2D eigenvalue weighted by Crippen LogP contribution is 2.25. The van der Waals surface area contributed by atoms with Gasteiger partial charge in [-0.05, 0) is 68.0 Å². The second-order valence-electron chi connectivity index (χ2n) is 8.02. The maximum absolute atomic E-state index is 11.8. The van der Waals surface area contributed by atoms with Gasteiger partial charge in [-0.1, -0.05) is 35.9 Å². The Kier molecular flexibility index (Phi) is 6.90. The molecule has 1 aliphatic rings. The van der Waals surface area contributed by atoms with E-state index in [1.54, 1.807) is 12.1 Å². The number of nitrogens with zero attached hydrogens (tertiary/aromatic N) is 3. The summed E-state index contributed by atoms with van der Waals surface area (Å²) in [4.78, 5) is 23.0. The molecule has 0 unspecified atom stereocenters. The maximum Gasteiger partial charge on any atom is 0.339 e. The van der Waals surface area contributed by atoms with E-state index in [1.165, 1.54) is 17.3 Å². The van der Waals surface area contributed by atoms with Crippen molar-refractivity contribution in [2.75, 3.05) is 18.1 Å². The van der Waals surface area contributed by atoms with Crippen LogP contribution in [0.15, 0.2) is 54.7 Å². The summed E-state index contributed by atoms with van der Waals surface area (Å²) in [5.41, 5.74) is 3.11. The van der Waals surface area contributed by atoms with Crippen molar-refractivity contribution in [2.45, 2.75) is 38.6 Å². The van der Waals surface area contributed by atoms with E-state index in [0.717, 1.165) is 31.6 Å². The van der Waals surface area contributed by atoms with Gasteiger partial charge in [0.25, 0.3) is 0 Å². The smallest absolute Gasteiger partial charge is 0.339 e. The van der Waals surface area contributed by atoms with Gasteiger partial charge in [0.1, 0.15) is 12.4 Å². The second-order valence-corrected chi connectivity index (χ2v) is 8.45. The fourth-order valence-corrected chi connectivity index (χ4v) is 4.18. The van der Waals surface area contributed by atoms with E-state index in [4.69, 9.17) is 21.3 Å². The number of carboxylic acid groups (broad SMARTS) is 1. The molecular formula is C25H26ClN3O3. The van der Waals surface area contributed by atoms with Crippen LogP contribution in [0.3, 0.4) is 0 Å². The molecule has 2 heterocycles. The minimum Gasteiger partial charge on any atom is -0.491 e. The zero-order valence-electron chi connectivity index (χ0n) is 18.0. The van der Waals surface area contributed by atoms with E-state index >= 15 is 0 Å². The first kappa shape index (κ1) is 22.1. The fraction of sp³-hybridized carbons (Fsp3) is 0.320. The van der Waals surface area contributed by atoms with Gasteiger partial charge in [-0.2, -0.15) is 0 Å². The van der Waals surface area contributed by atoms with Crippen LogP contribution in [0.25, 0.3) is 0 Å². The first-order chi connectivity index (χ1) is 15.5. The average Bonchev–Trinajstić information content (AvgIpc) is 3.26. The van der Waals surface area contributed by atoms with Crippen molar-refractivity contribution in [3.63, 3.8) is 0 Å². The highest BCUT2D eigenvalue weighted by molar-refractivity contribution is 6.30. The molecule has 1 aliphatic heterocycles. The minimum atomic E-state index is -1.000. The van der Waals surface area contributed by atoms with Crippen LogP contribution in [0.2, 0.25) is 5.02 Å². The molecule has 0 saturated carbocycles. The van der Waals surface area contributed by atoms with Crippen LogP contribution in [0.4, 0.5) is 5.95 Å². The van der Waals surface area contributed by atoms with Crippen LogP contribution in [-0.4, -0.2) is 40.2 Å². The van der Waals surface area contributed by atoms with E-state index < -0.39 is 5.97 Å². The molecule has 7 heteroatoms. The number of anilines is 1. The quantitative estimate of drug-likeness (QED) is 0.521. The zero-order chi connectivity index (χ0) is 22.5. The summed E-state index contributed by atoms with van der Waals surface area (Å²) in [6.45, 7) is 3.39. The number of rotatable bonds is 8. The number of ether oxygens (including phenoxy) is 1. The predicted molar refractivity (Wildman–Crippen MR) is 125 cm³/mol. The number of aryl methyl sites for hydroxylation is 3. The Hall–Kier alpha value is -3.12. The molecule has 1 saturated heterocycles. The van der Waals surface area contributed by atoms with Gasteiger partial charge in [0.05, 0.1) is 17.3 Å². The lowest BCUT2D eigenvalue weighted by atomic mass is 10.0. The molecule has 1 N–H and O–H groups in total. The number of aromatic carboxylic acids is 1. The lowest BCUT2D eigenvalue weighted by Crippen LogP contribution is -2.35. The first-order valence-corrected chi connectivity index (χ1v) is 11.2. The number of hydrogen-bond donors (Lipinski definition) is 1. The number of carbonyl (C=O) groups is 1. The standard InChI is InChI=1S/C25H26ClN3O3/c1-17-5-2-3-6-18(17)8-13-23-22(24(30)31)15-27-25(28-23)29-14-4-7-20(29)16-32-21-11-9-19(26)10-12-21/h2-3,5-6,9-12,15,20H,4,7-8,13-14,16H2,1H3,(H,30,31)/t20-/m0/s1. The van der Waals surface area contributed by atoms with E-state index in [-0.39, 0.29) is 11.6 Å². The van der Waals surface area contributed by atoms with Crippen LogP contribution < -0.4 is 9.64 Å². The van der Waals surface area contributed by atoms with Crippen molar-refractivity contribution in [2.24, 2.45) is 0 Å². The Labute approximate surface area is 192 Å². The second kappa shape index (κ2) is 10.0. The molecule has 0 radical (unpaired) electrons. The molecule has 0 bridgehead atoms. The topological polar surface area (TPSA) is 75.5 Å². The molecular weight excluding hydrogens is 426 g/mol. The Bertz CT molecular complexity index is 1090. The van der Waals surface area contributed by atoms with Crippen LogP contribution >= 0.6 is 11.6 Å². The fourth-order valence-electron chi connectivity index (χ4n) is 4.05. The summed E-state index contributed by atoms with van der Waals surface area (Å²) < 4.78 is 5.96. The molecule has 0 spiro atoms. The minimum absolute atomic E-state index is 0.130. The van der Waals surface area contributed by atoms with Crippen molar-refractivity contribution in [3.8, 4) is 5.75 Å². The Morgan fingerprint density at radius 3 is 2.72 bits per heavy atom. The van der Waals surface area contributed by atoms with Gasteiger partial charge in [0, 0.05) is 17.8 Å². The van der Waals surface area contributed by atoms with Gasteiger partial charge < -0.3 is 14.7 Å². The first-order valence-electron chi connectivity index (χ1n) is 10.8. The third-order valence-corrected chi connectivity index (χ3v) is 6.12. The molecule has 32 heavy (non-hydrogen) atoms. The monoisotopic (exact) mass is 451 g/mol. The summed E-state index contributed by atoms with van der Waals surface area (Å²) in [7, 11) is 0. The van der Waals surface area contributed by atoms with Gasteiger partial charge in [-0.3, -0.25) is 0 Å². The van der Waals surface area contributed by atoms with E-state index in [2.05, 4.69) is 28.9 Å². The Morgan fingerprint density at radius 2 is 1.97 bits per heavy atom. The Morgan fingerprint density at radius 1 is 1.19 bits per heavy atom. The predicted octanol–water partition coefficient (Wildman–Crippen LogP) is 4.97. The SMILES string of the molecule is Cc1ccccc1CCc1nc(N2CCC[C@H]2COc2ccc(Cl)cc2)ncc1C(=O)O. The maximum atomic E-state index is 11.8. The lowest BCUT2D eigenvalue weighted by molar-refractivity contribution is 0.0694. The molecule has 166 valence electrons. The van der Waals surface area contributed by atoms with Gasteiger partial charge in [0.15, 0.2) is 0 Å². The van der Waals surface area contributed by atoms with Gasteiger partial charge in [0.2, 0.25) is 5.95 Å². The number of halogens is 1. The van der Waals surface area contributed by atoms with E-state index in [1.807, 2.05) is 24.3 Å². The van der Waals surface area contributed by atoms with Crippen LogP contribution in [-0.2, 0) is 12.8 Å². The molecule has 0 aliphatic carbocycles. The van der Waals surface area contributed by atoms with E-state index in [9.17, 15) is 9.90 Å². The van der Waals surface area contributed by atoms with Gasteiger partial charge >= 0.3 is 5.97 Å². The zero-order valence-corrected chi connectivity index (χ0v) is 18.8. The highest BCUT2D eigenvalue weighted by Gasteiger charge is 2.28. The molecule has 1 atom stereocenters. The van der Waals surface area contributed by atoms with E-state index in [0.29, 0.717) is 29.7 Å². The largest absolute Gasteiger partial charge is 0.491 e. The third-order valence-electron chi connectivity index (χ3n) is 5.87. The summed E-state index contributed by atoms with van der Waals surface area (Å²) in [6.07, 6.45) is 4.69. The molecule has 6 nitrogen and oxygen atoms in total. The summed E-state index contributed by atoms with van der Waals surface area (Å²) in [6, 6.07) is 15.6. The average molecular weight is 452 g/mol. The number of carboxylic acids is 1. The normalized spacial score (nSPS) is 15.7. The Balaban J connectivity index is 1.50. The van der Waals surface area contributed by atoms with Crippen molar-refractivity contribution in [1.29, 1.82) is 0 Å². The number of hydrogen-bond acceptors (Lipinski definition) is 5. The van der Waals surface area contributed by atoms with Crippen molar-refractivity contribution in [3.05, 3.63) is 82.1 Å². The van der Waals surface area contributed by atoms with Crippen LogP contribution in [0, 0.1) is 6.92 Å². The van der Waals surface area contributed by atoms with Crippen LogP contribution in [0.1, 0.15) is 40.0 Å². The van der Waals surface area contributed by atoms with Crippen molar-refractivity contribution >= 4 is 23.5 Å². The molecule has 1 aromatic heterocycles. The summed E-state index contributed by atoms with van der Waals surface area (Å²) >= 11 is 5.94. The highest BCUT2D eigenvalue weighted by atomic mass is 35.5. The lowest BCUT2D eigenvalue weighted by Gasteiger charge is -2.25. The van der Waals surface area contributed by atoms with Gasteiger partial charge in [-0.25, -0.2) is 14.8 Å². The summed E-state index contributed by atoms with van der Waals surface area (Å²) in [5.74, 6) is 0.333. The molecule has 3 aromatic rings. The van der Waals surface area contributed by atoms with Crippen molar-refractivity contribution < 1.29 is 14.6 Å². The van der Waals surface area contributed by atoms with Crippen LogP contribution in [0.5, 0.6) is 5.75 Å². The van der Waals surface area contributed by atoms with Crippen molar-refractivity contribution in [1.82, 2.24) is 9.97 Å². The third kappa shape index (κ3) is 5.19. The summed E-state index contributed by atoms with van der Waals surface area (Å²) in [5, 5.41) is 10.3. The molecule has 4 rings (SSSR count). The number of benzene rings is 2. The van der Waals surface area contributed by atoms with Gasteiger partial charge in [-0.15, -0.1) is 0 Å². The number of aromatic nitrogens is 2. The molecule has 0 amide bonds.